The van der Waals surface area contributed by atoms with Crippen LogP contribution in [0.3, 0.4) is 0 Å². The van der Waals surface area contributed by atoms with Gasteiger partial charge < -0.3 is 0 Å². The minimum atomic E-state index is -4.03. The van der Waals surface area contributed by atoms with Gasteiger partial charge in [0.25, 0.3) is 10.1 Å². The highest BCUT2D eigenvalue weighted by Gasteiger charge is 2.24. The molecule has 3 nitrogen and oxygen atoms in total. The molecule has 0 bridgehead atoms. The van der Waals surface area contributed by atoms with Crippen LogP contribution in [0.25, 0.3) is 0 Å². The smallest absolute Gasteiger partial charge is 0.282 e. The highest BCUT2D eigenvalue weighted by atomic mass is 32.2. The van der Waals surface area contributed by atoms with Crippen LogP contribution in [0, 0.1) is 0 Å². The summed E-state index contributed by atoms with van der Waals surface area (Å²) in [7, 11) is -4.03. The van der Waals surface area contributed by atoms with Gasteiger partial charge in [-0.1, -0.05) is 12.1 Å². The van der Waals surface area contributed by atoms with Crippen LogP contribution >= 0.6 is 0 Å². The van der Waals surface area contributed by atoms with E-state index in [0.717, 1.165) is 18.4 Å². The van der Waals surface area contributed by atoms with Crippen LogP contribution in [0.1, 0.15) is 24.3 Å². The largest absolute Gasteiger partial charge is 0.294 e. The monoisotopic (exact) mass is 198 g/mol. The third kappa shape index (κ3) is 1.89. The molecule has 1 aromatic carbocycles. The molecule has 4 heteroatoms. The Bertz CT molecular complexity index is 418. The lowest BCUT2D eigenvalue weighted by Gasteiger charge is -2.00. The molecular weight excluding hydrogens is 188 g/mol. The van der Waals surface area contributed by atoms with Crippen molar-refractivity contribution < 1.29 is 13.0 Å². The van der Waals surface area contributed by atoms with Crippen molar-refractivity contribution in [3.63, 3.8) is 0 Å². The molecule has 13 heavy (non-hydrogen) atoms. The van der Waals surface area contributed by atoms with Crippen LogP contribution < -0.4 is 0 Å². The quantitative estimate of drug-likeness (QED) is 0.737. The first-order valence-corrected chi connectivity index (χ1v) is 5.59. The van der Waals surface area contributed by atoms with Crippen molar-refractivity contribution in [2.45, 2.75) is 23.7 Å². The van der Waals surface area contributed by atoms with Gasteiger partial charge in [-0.2, -0.15) is 8.42 Å². The van der Waals surface area contributed by atoms with E-state index in [1.807, 2.05) is 6.07 Å². The molecule has 1 aromatic rings. The first-order chi connectivity index (χ1) is 6.07. The first-order valence-electron chi connectivity index (χ1n) is 4.15. The summed E-state index contributed by atoms with van der Waals surface area (Å²) in [6.45, 7) is 0. The Morgan fingerprint density at radius 1 is 1.31 bits per heavy atom. The van der Waals surface area contributed by atoms with Crippen LogP contribution in [0.15, 0.2) is 29.2 Å². The van der Waals surface area contributed by atoms with E-state index >= 15 is 0 Å². The molecule has 1 aliphatic rings. The average Bonchev–Trinajstić information content (AvgIpc) is 2.85. The second-order valence-corrected chi connectivity index (χ2v) is 4.74. The summed E-state index contributed by atoms with van der Waals surface area (Å²) in [6.07, 6.45) is 2.24. The molecule has 0 unspecified atom stereocenters. The van der Waals surface area contributed by atoms with E-state index in [4.69, 9.17) is 4.55 Å². The molecule has 1 fully saturated rings. The zero-order valence-corrected chi connectivity index (χ0v) is 7.79. The Morgan fingerprint density at radius 3 is 2.54 bits per heavy atom. The fourth-order valence-corrected chi connectivity index (χ4v) is 1.88. The lowest BCUT2D eigenvalue weighted by Crippen LogP contribution is -1.98. The van der Waals surface area contributed by atoms with E-state index in [-0.39, 0.29) is 4.90 Å². The molecule has 0 spiro atoms. The van der Waals surface area contributed by atoms with Gasteiger partial charge in [0, 0.05) is 0 Å². The van der Waals surface area contributed by atoms with Crippen molar-refractivity contribution in [3.8, 4) is 0 Å². The maximum atomic E-state index is 10.8. The van der Waals surface area contributed by atoms with E-state index in [9.17, 15) is 8.42 Å². The standard InChI is InChI=1S/C9H10O3S/c10-13(11,12)9-3-1-2-8(6-9)7-4-5-7/h1-3,6-7H,4-5H2,(H,10,11,12). The lowest BCUT2D eigenvalue weighted by molar-refractivity contribution is 0.483. The summed E-state index contributed by atoms with van der Waals surface area (Å²) in [5.74, 6) is 0.502. The fraction of sp³-hybridized carbons (Fsp3) is 0.333. The Balaban J connectivity index is 2.43. The van der Waals surface area contributed by atoms with Gasteiger partial charge in [0.05, 0.1) is 4.90 Å². The van der Waals surface area contributed by atoms with Crippen LogP contribution in [0.2, 0.25) is 0 Å². The van der Waals surface area contributed by atoms with Crippen molar-refractivity contribution in [1.82, 2.24) is 0 Å². The van der Waals surface area contributed by atoms with Crippen molar-refractivity contribution in [3.05, 3.63) is 29.8 Å². The van der Waals surface area contributed by atoms with Gasteiger partial charge in [0.1, 0.15) is 0 Å². The summed E-state index contributed by atoms with van der Waals surface area (Å²) in [5, 5.41) is 0. The Kier molecular flexibility index (Phi) is 1.89. The lowest BCUT2D eigenvalue weighted by atomic mass is 10.1. The van der Waals surface area contributed by atoms with Crippen molar-refractivity contribution in [2.24, 2.45) is 0 Å². The highest BCUT2D eigenvalue weighted by molar-refractivity contribution is 7.85. The number of rotatable bonds is 2. The zero-order valence-electron chi connectivity index (χ0n) is 6.97. The molecule has 1 saturated carbocycles. The summed E-state index contributed by atoms with van der Waals surface area (Å²) in [5.41, 5.74) is 1.01. The fourth-order valence-electron chi connectivity index (χ4n) is 1.35. The Morgan fingerprint density at radius 2 is 2.00 bits per heavy atom. The van der Waals surface area contributed by atoms with E-state index in [1.165, 1.54) is 6.07 Å². The minimum absolute atomic E-state index is 0.00287. The second-order valence-electron chi connectivity index (χ2n) is 3.32. The minimum Gasteiger partial charge on any atom is -0.282 e. The van der Waals surface area contributed by atoms with Crippen LogP contribution in [-0.4, -0.2) is 13.0 Å². The normalized spacial score (nSPS) is 17.3. The van der Waals surface area contributed by atoms with Gasteiger partial charge >= 0.3 is 0 Å². The molecule has 0 aromatic heterocycles. The Labute approximate surface area is 77.1 Å². The molecule has 0 saturated heterocycles. The van der Waals surface area contributed by atoms with E-state index in [1.54, 1.807) is 12.1 Å². The Hall–Kier alpha value is -0.870. The predicted molar refractivity (Wildman–Crippen MR) is 48.2 cm³/mol. The van der Waals surface area contributed by atoms with Crippen LogP contribution in [0.4, 0.5) is 0 Å². The topological polar surface area (TPSA) is 54.4 Å². The number of benzene rings is 1. The van der Waals surface area contributed by atoms with Crippen molar-refractivity contribution in [1.29, 1.82) is 0 Å². The van der Waals surface area contributed by atoms with Crippen molar-refractivity contribution >= 4 is 10.1 Å². The molecule has 0 atom stereocenters. The molecule has 0 radical (unpaired) electrons. The van der Waals surface area contributed by atoms with Gasteiger partial charge in [-0.15, -0.1) is 0 Å². The maximum absolute atomic E-state index is 10.8. The summed E-state index contributed by atoms with van der Waals surface area (Å²) < 4.78 is 30.4. The maximum Gasteiger partial charge on any atom is 0.294 e. The van der Waals surface area contributed by atoms with E-state index in [2.05, 4.69) is 0 Å². The van der Waals surface area contributed by atoms with Crippen molar-refractivity contribution in [2.75, 3.05) is 0 Å². The molecule has 0 amide bonds. The molecule has 0 aliphatic heterocycles. The molecule has 1 N–H and O–H groups in total. The van der Waals surface area contributed by atoms with Crippen LogP contribution in [0.5, 0.6) is 0 Å². The molecule has 0 heterocycles. The third-order valence-electron chi connectivity index (χ3n) is 2.20. The van der Waals surface area contributed by atoms with Gasteiger partial charge in [-0.05, 0) is 36.5 Å². The van der Waals surface area contributed by atoms with E-state index in [0.29, 0.717) is 5.92 Å². The van der Waals surface area contributed by atoms with Gasteiger partial charge in [0.2, 0.25) is 0 Å². The number of hydrogen-bond donors (Lipinski definition) is 1. The highest BCUT2D eigenvalue weighted by Crippen LogP contribution is 2.40. The summed E-state index contributed by atoms with van der Waals surface area (Å²) in [6, 6.07) is 6.51. The average molecular weight is 198 g/mol. The van der Waals surface area contributed by atoms with Gasteiger partial charge in [0.15, 0.2) is 0 Å². The SMILES string of the molecule is O=S(=O)(O)c1cccc(C2CC2)c1. The van der Waals surface area contributed by atoms with Crippen LogP contribution in [-0.2, 0) is 10.1 Å². The first kappa shape index (κ1) is 8.72. The number of hydrogen-bond acceptors (Lipinski definition) is 2. The van der Waals surface area contributed by atoms with Gasteiger partial charge in [-0.25, -0.2) is 0 Å². The molecule has 1 aliphatic carbocycles. The summed E-state index contributed by atoms with van der Waals surface area (Å²) >= 11 is 0. The molecule has 70 valence electrons. The molecule has 2 rings (SSSR count). The third-order valence-corrected chi connectivity index (χ3v) is 3.05. The zero-order chi connectivity index (χ0) is 9.47. The van der Waals surface area contributed by atoms with Gasteiger partial charge in [-0.3, -0.25) is 4.55 Å². The van der Waals surface area contributed by atoms with E-state index < -0.39 is 10.1 Å². The summed E-state index contributed by atoms with van der Waals surface area (Å²) in [4.78, 5) is -0.00287. The predicted octanol–water partition coefficient (Wildman–Crippen LogP) is 1.81. The second kappa shape index (κ2) is 2.82. The molecular formula is C9H10O3S.